The van der Waals surface area contributed by atoms with Crippen LogP contribution in [-0.2, 0) is 43.7 Å². The number of amides is 1. The van der Waals surface area contributed by atoms with Crippen LogP contribution in [0.15, 0.2) is 47.4 Å². The Labute approximate surface area is 254 Å². The Balaban J connectivity index is 0.956. The lowest BCUT2D eigenvalue weighted by molar-refractivity contribution is -0.141. The number of thiol groups is 1. The van der Waals surface area contributed by atoms with Gasteiger partial charge in [0.05, 0.1) is 11.7 Å². The third-order valence-electron chi connectivity index (χ3n) is 8.43. The molecule has 2 fully saturated rings. The maximum absolute atomic E-state index is 13.0. The molecule has 0 spiro atoms. The van der Waals surface area contributed by atoms with Gasteiger partial charge in [-0.05, 0) is 67.1 Å². The molecule has 3 aliphatic rings. The number of carbonyl (C=O) groups excluding carboxylic acids is 1. The van der Waals surface area contributed by atoms with Crippen LogP contribution in [0.25, 0.3) is 0 Å². The molecule has 14 heteroatoms. The normalized spacial score (nSPS) is 23.7. The van der Waals surface area contributed by atoms with Gasteiger partial charge in [0, 0.05) is 51.7 Å². The predicted molar refractivity (Wildman–Crippen MR) is 152 cm³/mol. The summed E-state index contributed by atoms with van der Waals surface area (Å²) >= 11 is 0. The molecule has 2 atom stereocenters. The molecule has 7 nitrogen and oxygen atoms in total. The van der Waals surface area contributed by atoms with E-state index in [1.165, 1.54) is 18.2 Å². The molecular formula is C30H36F6N3O4S+. The monoisotopic (exact) mass is 648 g/mol. The largest absolute Gasteiger partial charge is 0.581 e. The van der Waals surface area contributed by atoms with Gasteiger partial charge in [-0.15, -0.1) is 13.2 Å². The zero-order valence-electron chi connectivity index (χ0n) is 24.0. The van der Waals surface area contributed by atoms with Crippen molar-refractivity contribution in [2.45, 2.75) is 73.5 Å². The van der Waals surface area contributed by atoms with E-state index in [1.807, 2.05) is 0 Å². The van der Waals surface area contributed by atoms with E-state index in [-0.39, 0.29) is 35.7 Å². The first-order valence-corrected chi connectivity index (χ1v) is 16.0. The number of nitrogens with zero attached hydrogens (tertiary/aromatic N) is 2. The van der Waals surface area contributed by atoms with E-state index in [9.17, 15) is 35.3 Å². The molecular weight excluding hydrogens is 612 g/mol. The van der Waals surface area contributed by atoms with Gasteiger partial charge in [0.1, 0.15) is 18.5 Å². The van der Waals surface area contributed by atoms with Crippen LogP contribution in [0.3, 0.4) is 0 Å². The second-order valence-corrected chi connectivity index (χ2v) is 13.2. The highest BCUT2D eigenvalue weighted by Gasteiger charge is 2.45. The number of rotatable bonds is 9. The van der Waals surface area contributed by atoms with E-state index in [2.05, 4.69) is 10.2 Å². The first-order valence-electron chi connectivity index (χ1n) is 14.7. The Morgan fingerprint density at radius 1 is 0.955 bits per heavy atom. The van der Waals surface area contributed by atoms with Gasteiger partial charge in [-0.3, -0.25) is 9.69 Å². The van der Waals surface area contributed by atoms with Crippen molar-refractivity contribution in [3.05, 3.63) is 59.2 Å². The van der Waals surface area contributed by atoms with Crippen LogP contribution in [0, 0.1) is 0 Å². The summed E-state index contributed by atoms with van der Waals surface area (Å²) < 4.78 is 100. The summed E-state index contributed by atoms with van der Waals surface area (Å²) in [5.74, 6) is 0.432. The van der Waals surface area contributed by atoms with Crippen LogP contribution in [0.4, 0.5) is 26.3 Å². The van der Waals surface area contributed by atoms with Crippen molar-refractivity contribution in [2.75, 3.05) is 39.3 Å². The summed E-state index contributed by atoms with van der Waals surface area (Å²) in [6.45, 7) is 3.47. The molecule has 2 aromatic carbocycles. The maximum atomic E-state index is 13.0. The highest BCUT2D eigenvalue weighted by Crippen LogP contribution is 2.36. The first-order chi connectivity index (χ1) is 20.8. The Bertz CT molecular complexity index is 1310. The third-order valence-corrected chi connectivity index (χ3v) is 9.66. The summed E-state index contributed by atoms with van der Waals surface area (Å²) in [6, 6.07) is 9.44. The molecule has 2 aromatic rings. The van der Waals surface area contributed by atoms with Gasteiger partial charge in [0.15, 0.2) is 4.90 Å². The number of hydrogen-bond acceptors (Lipinski definition) is 6. The fourth-order valence-electron chi connectivity index (χ4n) is 5.94. The molecule has 242 valence electrons. The van der Waals surface area contributed by atoms with Crippen molar-refractivity contribution < 1.29 is 44.8 Å². The second-order valence-electron chi connectivity index (χ2n) is 11.5. The average molecular weight is 649 g/mol. The number of halogens is 6. The molecule has 5 rings (SSSR count). The van der Waals surface area contributed by atoms with Crippen LogP contribution in [0.1, 0.15) is 42.4 Å². The van der Waals surface area contributed by atoms with Gasteiger partial charge < -0.3 is 19.7 Å². The minimum Gasteiger partial charge on any atom is -0.488 e. The van der Waals surface area contributed by atoms with Crippen molar-refractivity contribution in [2.24, 2.45) is 0 Å². The first kappa shape index (κ1) is 32.7. The lowest BCUT2D eigenvalue weighted by Gasteiger charge is -2.36. The number of nitrogens with one attached hydrogen (secondary N) is 1. The van der Waals surface area contributed by atoms with Gasteiger partial charge in [0.2, 0.25) is 16.7 Å². The number of alkyl halides is 6. The highest BCUT2D eigenvalue weighted by atomic mass is 32.2. The minimum absolute atomic E-state index is 0.0118. The van der Waals surface area contributed by atoms with Crippen molar-refractivity contribution >= 4 is 16.7 Å². The number of fused-ring (bicyclic) bond motifs is 1. The van der Waals surface area contributed by atoms with E-state index in [1.54, 1.807) is 17.0 Å². The van der Waals surface area contributed by atoms with Crippen molar-refractivity contribution in [3.63, 3.8) is 0 Å². The van der Waals surface area contributed by atoms with E-state index in [0.717, 1.165) is 43.4 Å². The molecule has 0 radical (unpaired) electrons. The third kappa shape index (κ3) is 8.52. The molecule has 1 saturated heterocycles. The Morgan fingerprint density at radius 3 is 2.27 bits per heavy atom. The number of carbonyl (C=O) groups is 1. The Kier molecular flexibility index (Phi) is 10.2. The van der Waals surface area contributed by atoms with Crippen LogP contribution in [0.2, 0.25) is 0 Å². The Hall–Kier alpha value is -2.68. The van der Waals surface area contributed by atoms with E-state index in [4.69, 9.17) is 9.47 Å². The van der Waals surface area contributed by atoms with Gasteiger partial charge in [-0.2, -0.15) is 13.2 Å². The predicted octanol–water partition coefficient (Wildman–Crippen LogP) is 4.85. The van der Waals surface area contributed by atoms with Crippen molar-refractivity contribution in [1.29, 1.82) is 0 Å². The second kappa shape index (κ2) is 13.8. The smallest absolute Gasteiger partial charge is 0.488 e. The average Bonchev–Trinajstić information content (AvgIpc) is 3.40. The van der Waals surface area contributed by atoms with E-state index in [0.29, 0.717) is 57.0 Å². The lowest BCUT2D eigenvalue weighted by Crippen LogP contribution is -2.51. The number of hydrogen-bond donors (Lipinski definition) is 1. The van der Waals surface area contributed by atoms with Gasteiger partial charge in [0.25, 0.3) is 0 Å². The van der Waals surface area contributed by atoms with Gasteiger partial charge in [-0.1, -0.05) is 16.3 Å². The molecule has 1 N–H and O–H groups in total. The molecule has 2 unspecified atom stereocenters. The summed E-state index contributed by atoms with van der Waals surface area (Å²) in [5.41, 5.74) is -4.04. The van der Waals surface area contributed by atoms with Crippen LogP contribution < -0.4 is 10.1 Å². The molecule has 2 heterocycles. The molecule has 2 aliphatic heterocycles. The SMILES string of the molecule is O=C(COC1CCC(NCc2ccc([SH+](=O)C(F)(F)F)cc2)CC1)N1CCN(CC2Cc3cc(C(F)(F)F)ccc3O2)CC1. The van der Waals surface area contributed by atoms with Crippen molar-refractivity contribution in [3.8, 4) is 5.75 Å². The zero-order valence-corrected chi connectivity index (χ0v) is 24.9. The van der Waals surface area contributed by atoms with Gasteiger partial charge in [-0.25, -0.2) is 0 Å². The standard InChI is InChI=1S/C30H35F6N3O4S/c31-29(32,33)22-3-10-27-21(15-22)16-25(43-27)18-38-11-13-39(14-12-38)28(40)19-42-24-6-4-23(5-7-24)37-17-20-1-8-26(9-2-20)44(41)30(34,35)36/h1-3,8-10,15,23-25,37H,4-7,11-14,16-19H2/p+1. The molecule has 1 saturated carbocycles. The molecule has 1 amide bonds. The lowest BCUT2D eigenvalue weighted by atomic mass is 9.93. The highest BCUT2D eigenvalue weighted by molar-refractivity contribution is 7.85. The molecule has 0 aromatic heterocycles. The topological polar surface area (TPSA) is 71.1 Å². The van der Waals surface area contributed by atoms with E-state index >= 15 is 0 Å². The van der Waals surface area contributed by atoms with Crippen molar-refractivity contribution in [1.82, 2.24) is 15.1 Å². The zero-order chi connectivity index (χ0) is 31.5. The van der Waals surface area contributed by atoms with Crippen LogP contribution in [0.5, 0.6) is 5.75 Å². The summed E-state index contributed by atoms with van der Waals surface area (Å²) in [7, 11) is -3.43. The number of ether oxygens (including phenoxy) is 2. The summed E-state index contributed by atoms with van der Waals surface area (Å²) in [5, 5.41) is 3.41. The fourth-order valence-corrected chi connectivity index (χ4v) is 6.65. The molecule has 0 bridgehead atoms. The van der Waals surface area contributed by atoms with Crippen LogP contribution in [-0.4, -0.2) is 78.8 Å². The number of piperazine rings is 1. The summed E-state index contributed by atoms with van der Waals surface area (Å²) in [4.78, 5) is 16.5. The minimum atomic E-state index is -4.74. The van der Waals surface area contributed by atoms with E-state index < -0.39 is 28.0 Å². The molecule has 44 heavy (non-hydrogen) atoms. The molecule has 1 aliphatic carbocycles. The maximum Gasteiger partial charge on any atom is 0.581 e. The van der Waals surface area contributed by atoms with Crippen LogP contribution >= 0.6 is 0 Å². The quantitative estimate of drug-likeness (QED) is 0.239. The number of benzene rings is 2. The fraction of sp³-hybridized carbons (Fsp3) is 0.567. The van der Waals surface area contributed by atoms with Gasteiger partial charge >= 0.3 is 11.7 Å². The summed E-state index contributed by atoms with van der Waals surface area (Å²) in [6.07, 6.45) is -0.928. The Morgan fingerprint density at radius 2 is 1.64 bits per heavy atom.